The van der Waals surface area contributed by atoms with E-state index in [-0.39, 0.29) is 6.42 Å². The summed E-state index contributed by atoms with van der Waals surface area (Å²) in [5.41, 5.74) is 2.38. The standard InChI is InChI=1S/C13H16N2O5/c16-11(8-13(18)19)14-10(7-12(17)15-20)6-9-4-2-1-3-5-9/h1-5,10,20H,6-8H2,(H,14,16)(H,15,17)(H,18,19)/t10-/m1/s1. The van der Waals surface area contributed by atoms with Crippen LogP contribution in [-0.4, -0.2) is 34.1 Å². The van der Waals surface area contributed by atoms with Crippen LogP contribution in [0.5, 0.6) is 0 Å². The van der Waals surface area contributed by atoms with E-state index in [1.807, 2.05) is 30.3 Å². The molecular formula is C13H16N2O5. The van der Waals surface area contributed by atoms with Crippen LogP contribution in [0.1, 0.15) is 18.4 Å². The molecule has 7 heteroatoms. The van der Waals surface area contributed by atoms with E-state index in [1.165, 1.54) is 5.48 Å². The lowest BCUT2D eigenvalue weighted by molar-refractivity contribution is -0.140. The molecule has 20 heavy (non-hydrogen) atoms. The second kappa shape index (κ2) is 7.90. The maximum absolute atomic E-state index is 11.4. The van der Waals surface area contributed by atoms with E-state index in [4.69, 9.17) is 10.3 Å². The lowest BCUT2D eigenvalue weighted by Gasteiger charge is -2.17. The molecule has 2 amide bonds. The normalized spacial score (nSPS) is 11.4. The number of aliphatic carboxylic acids is 1. The Hall–Kier alpha value is -2.41. The van der Waals surface area contributed by atoms with Gasteiger partial charge in [0.25, 0.3) is 0 Å². The number of carboxylic acid groups (broad SMARTS) is 1. The van der Waals surface area contributed by atoms with Crippen molar-refractivity contribution in [2.75, 3.05) is 0 Å². The molecule has 0 aliphatic rings. The average molecular weight is 280 g/mol. The van der Waals surface area contributed by atoms with Gasteiger partial charge in [-0.1, -0.05) is 30.3 Å². The van der Waals surface area contributed by atoms with Crippen molar-refractivity contribution in [1.29, 1.82) is 0 Å². The van der Waals surface area contributed by atoms with E-state index in [9.17, 15) is 14.4 Å². The Morgan fingerprint density at radius 2 is 1.75 bits per heavy atom. The van der Waals surface area contributed by atoms with Gasteiger partial charge in [0.15, 0.2) is 0 Å². The van der Waals surface area contributed by atoms with Gasteiger partial charge in [0.1, 0.15) is 6.42 Å². The molecule has 4 N–H and O–H groups in total. The Kier molecular flexibility index (Phi) is 6.18. The first kappa shape index (κ1) is 15.6. The highest BCUT2D eigenvalue weighted by molar-refractivity contribution is 5.93. The number of rotatable bonds is 7. The quantitative estimate of drug-likeness (QED) is 0.321. The van der Waals surface area contributed by atoms with Crippen LogP contribution in [-0.2, 0) is 20.8 Å². The Morgan fingerprint density at radius 3 is 2.30 bits per heavy atom. The number of hydroxylamine groups is 1. The maximum atomic E-state index is 11.4. The van der Waals surface area contributed by atoms with Crippen LogP contribution in [0.25, 0.3) is 0 Å². The number of amides is 2. The molecule has 108 valence electrons. The van der Waals surface area contributed by atoms with Gasteiger partial charge in [-0.2, -0.15) is 0 Å². The molecule has 1 aromatic carbocycles. The Morgan fingerprint density at radius 1 is 1.10 bits per heavy atom. The fourth-order valence-electron chi connectivity index (χ4n) is 1.76. The van der Waals surface area contributed by atoms with Crippen molar-refractivity contribution in [2.24, 2.45) is 0 Å². The SMILES string of the molecule is O=C(O)CC(=O)N[C@@H](CC(=O)NO)Cc1ccccc1. The van der Waals surface area contributed by atoms with Crippen molar-refractivity contribution in [2.45, 2.75) is 25.3 Å². The highest BCUT2D eigenvalue weighted by atomic mass is 16.5. The van der Waals surface area contributed by atoms with E-state index in [0.29, 0.717) is 6.42 Å². The van der Waals surface area contributed by atoms with Crippen LogP contribution in [0.4, 0.5) is 0 Å². The predicted molar refractivity (Wildman–Crippen MR) is 68.9 cm³/mol. The van der Waals surface area contributed by atoms with Gasteiger partial charge in [0.2, 0.25) is 11.8 Å². The van der Waals surface area contributed by atoms with Crippen LogP contribution in [0.3, 0.4) is 0 Å². The molecule has 0 aromatic heterocycles. The molecule has 0 aliphatic heterocycles. The maximum Gasteiger partial charge on any atom is 0.312 e. The third kappa shape index (κ3) is 5.96. The third-order valence-electron chi connectivity index (χ3n) is 2.56. The summed E-state index contributed by atoms with van der Waals surface area (Å²) in [5.74, 6) is -2.57. The number of carbonyl (C=O) groups excluding carboxylic acids is 2. The number of hydrogen-bond acceptors (Lipinski definition) is 4. The van der Waals surface area contributed by atoms with Crippen molar-refractivity contribution in [3.05, 3.63) is 35.9 Å². The monoisotopic (exact) mass is 280 g/mol. The molecule has 0 bridgehead atoms. The molecule has 1 rings (SSSR count). The molecule has 0 heterocycles. The number of carboxylic acids is 1. The fourth-order valence-corrected chi connectivity index (χ4v) is 1.76. The number of carbonyl (C=O) groups is 3. The lowest BCUT2D eigenvalue weighted by Crippen LogP contribution is -2.40. The van der Waals surface area contributed by atoms with Crippen LogP contribution >= 0.6 is 0 Å². The zero-order chi connectivity index (χ0) is 15.0. The summed E-state index contributed by atoms with van der Waals surface area (Å²) in [5, 5.41) is 19.5. The summed E-state index contributed by atoms with van der Waals surface area (Å²) in [6, 6.07) is 8.54. The topological polar surface area (TPSA) is 116 Å². The van der Waals surface area contributed by atoms with Crippen molar-refractivity contribution >= 4 is 17.8 Å². The van der Waals surface area contributed by atoms with Crippen molar-refractivity contribution in [1.82, 2.24) is 10.8 Å². The minimum Gasteiger partial charge on any atom is -0.481 e. The van der Waals surface area contributed by atoms with Gasteiger partial charge in [-0.05, 0) is 12.0 Å². The first-order valence-electron chi connectivity index (χ1n) is 5.99. The van der Waals surface area contributed by atoms with E-state index in [2.05, 4.69) is 5.32 Å². The largest absolute Gasteiger partial charge is 0.481 e. The zero-order valence-electron chi connectivity index (χ0n) is 10.7. The van der Waals surface area contributed by atoms with E-state index in [1.54, 1.807) is 0 Å². The zero-order valence-corrected chi connectivity index (χ0v) is 10.7. The molecule has 1 atom stereocenters. The Bertz CT molecular complexity index is 475. The van der Waals surface area contributed by atoms with Crippen molar-refractivity contribution in [3.8, 4) is 0 Å². The first-order valence-corrected chi connectivity index (χ1v) is 5.99. The summed E-state index contributed by atoms with van der Waals surface area (Å²) >= 11 is 0. The smallest absolute Gasteiger partial charge is 0.312 e. The molecule has 0 unspecified atom stereocenters. The van der Waals surface area contributed by atoms with Gasteiger partial charge in [0, 0.05) is 12.5 Å². The van der Waals surface area contributed by atoms with Gasteiger partial charge in [0.05, 0.1) is 0 Å². The first-order chi connectivity index (χ1) is 9.51. The Balaban J connectivity index is 2.67. The van der Waals surface area contributed by atoms with E-state index < -0.39 is 30.2 Å². The van der Waals surface area contributed by atoms with Gasteiger partial charge in [-0.3, -0.25) is 19.6 Å². The van der Waals surface area contributed by atoms with Crippen molar-refractivity contribution in [3.63, 3.8) is 0 Å². The van der Waals surface area contributed by atoms with Crippen LogP contribution in [0.15, 0.2) is 30.3 Å². The van der Waals surface area contributed by atoms with Gasteiger partial charge >= 0.3 is 5.97 Å². The molecule has 0 saturated carbocycles. The second-order valence-corrected chi connectivity index (χ2v) is 4.26. The van der Waals surface area contributed by atoms with Crippen LogP contribution in [0.2, 0.25) is 0 Å². The number of nitrogens with one attached hydrogen (secondary N) is 2. The highest BCUT2D eigenvalue weighted by Gasteiger charge is 2.18. The highest BCUT2D eigenvalue weighted by Crippen LogP contribution is 2.06. The third-order valence-corrected chi connectivity index (χ3v) is 2.56. The molecule has 0 spiro atoms. The van der Waals surface area contributed by atoms with Gasteiger partial charge in [-0.25, -0.2) is 5.48 Å². The molecule has 7 nitrogen and oxygen atoms in total. The van der Waals surface area contributed by atoms with E-state index in [0.717, 1.165) is 5.56 Å². The number of hydrogen-bond donors (Lipinski definition) is 4. The van der Waals surface area contributed by atoms with Gasteiger partial charge < -0.3 is 10.4 Å². The van der Waals surface area contributed by atoms with Gasteiger partial charge in [-0.15, -0.1) is 0 Å². The van der Waals surface area contributed by atoms with E-state index >= 15 is 0 Å². The molecule has 0 fully saturated rings. The lowest BCUT2D eigenvalue weighted by atomic mass is 10.0. The summed E-state index contributed by atoms with van der Waals surface area (Å²) in [4.78, 5) is 33.1. The van der Waals surface area contributed by atoms with Crippen LogP contribution < -0.4 is 10.8 Å². The molecule has 0 aliphatic carbocycles. The Labute approximate surface area is 115 Å². The predicted octanol–water partition coefficient (Wildman–Crippen LogP) is 0.0841. The molecule has 0 saturated heterocycles. The summed E-state index contributed by atoms with van der Waals surface area (Å²) in [6.07, 6.45) is -0.442. The molecule has 0 radical (unpaired) electrons. The summed E-state index contributed by atoms with van der Waals surface area (Å²) < 4.78 is 0. The van der Waals surface area contributed by atoms with Crippen molar-refractivity contribution < 1.29 is 24.7 Å². The number of benzene rings is 1. The summed E-state index contributed by atoms with van der Waals surface area (Å²) in [7, 11) is 0. The fraction of sp³-hybridized carbons (Fsp3) is 0.308. The average Bonchev–Trinajstić information content (AvgIpc) is 2.38. The van der Waals surface area contributed by atoms with Crippen LogP contribution in [0, 0.1) is 0 Å². The minimum absolute atomic E-state index is 0.142. The summed E-state index contributed by atoms with van der Waals surface area (Å²) in [6.45, 7) is 0. The molecule has 1 aromatic rings. The minimum atomic E-state index is -1.24. The second-order valence-electron chi connectivity index (χ2n) is 4.26. The molecular weight excluding hydrogens is 264 g/mol.